The van der Waals surface area contributed by atoms with Gasteiger partial charge in [-0.3, -0.25) is 9.89 Å². The minimum absolute atomic E-state index is 0. The molecule has 1 heterocycles. The summed E-state index contributed by atoms with van der Waals surface area (Å²) in [7, 11) is 2.06. The van der Waals surface area contributed by atoms with Gasteiger partial charge in [0.05, 0.1) is 13.2 Å². The third-order valence-electron chi connectivity index (χ3n) is 5.02. The van der Waals surface area contributed by atoms with Crippen LogP contribution >= 0.6 is 24.0 Å². The van der Waals surface area contributed by atoms with Gasteiger partial charge >= 0.3 is 6.09 Å². The highest BCUT2D eigenvalue weighted by molar-refractivity contribution is 14.0. The largest absolute Gasteiger partial charge is 0.444 e. The zero-order valence-electron chi connectivity index (χ0n) is 19.5. The van der Waals surface area contributed by atoms with Crippen LogP contribution in [0.15, 0.2) is 4.99 Å². The summed E-state index contributed by atoms with van der Waals surface area (Å²) >= 11 is 0. The first-order valence-electron chi connectivity index (χ1n) is 11.1. The molecule has 1 aliphatic carbocycles. The van der Waals surface area contributed by atoms with Crippen LogP contribution in [0.3, 0.4) is 0 Å². The predicted octanol–water partition coefficient (Wildman–Crippen LogP) is 2.48. The molecule has 2 rings (SSSR count). The van der Waals surface area contributed by atoms with E-state index in [1.165, 1.54) is 12.8 Å². The molecule has 0 unspecified atom stereocenters. The van der Waals surface area contributed by atoms with E-state index in [9.17, 15) is 4.79 Å². The van der Waals surface area contributed by atoms with E-state index in [-0.39, 0.29) is 30.1 Å². The molecule has 0 atom stereocenters. The highest BCUT2D eigenvalue weighted by atomic mass is 127. The number of ether oxygens (including phenoxy) is 2. The molecule has 176 valence electrons. The lowest BCUT2D eigenvalue weighted by Gasteiger charge is -2.35. The first kappa shape index (κ1) is 27.2. The van der Waals surface area contributed by atoms with Crippen molar-refractivity contribution in [2.45, 2.75) is 46.1 Å². The van der Waals surface area contributed by atoms with Crippen molar-refractivity contribution in [3.05, 3.63) is 0 Å². The van der Waals surface area contributed by atoms with Crippen molar-refractivity contribution in [2.75, 3.05) is 72.6 Å². The SMILES string of the molecule is CCNC(=NCCN1CCN(C(=O)OC(C)(C)C)CC1)N(C)CCOCC1CC1.I. The second-order valence-electron chi connectivity index (χ2n) is 8.98. The van der Waals surface area contributed by atoms with E-state index in [0.717, 1.165) is 64.4 Å². The molecule has 0 spiro atoms. The van der Waals surface area contributed by atoms with Crippen molar-refractivity contribution >= 4 is 36.0 Å². The maximum Gasteiger partial charge on any atom is 0.410 e. The highest BCUT2D eigenvalue weighted by Gasteiger charge is 2.25. The van der Waals surface area contributed by atoms with E-state index in [1.807, 2.05) is 20.8 Å². The summed E-state index contributed by atoms with van der Waals surface area (Å²) in [6, 6.07) is 0. The number of hydrogen-bond donors (Lipinski definition) is 1. The van der Waals surface area contributed by atoms with Gasteiger partial charge in [-0.25, -0.2) is 4.79 Å². The van der Waals surface area contributed by atoms with Crippen molar-refractivity contribution in [1.29, 1.82) is 0 Å². The molecule has 2 aliphatic rings. The Hall–Kier alpha value is -0.810. The zero-order valence-corrected chi connectivity index (χ0v) is 21.8. The summed E-state index contributed by atoms with van der Waals surface area (Å²) in [5.41, 5.74) is -0.444. The molecular weight excluding hydrogens is 497 g/mol. The van der Waals surface area contributed by atoms with Crippen molar-refractivity contribution in [3.8, 4) is 0 Å². The third kappa shape index (κ3) is 11.0. The molecule has 0 radical (unpaired) electrons. The standard InChI is InChI=1S/C21H41N5O3.HI/c1-6-22-19(24(5)15-16-28-17-18-7-8-18)23-9-10-25-11-13-26(14-12-25)20(27)29-21(2,3)4;/h18H,6-17H2,1-5H3,(H,22,23);1H. The van der Waals surface area contributed by atoms with Crippen LogP contribution in [0.2, 0.25) is 0 Å². The third-order valence-corrected chi connectivity index (χ3v) is 5.02. The van der Waals surface area contributed by atoms with Crippen LogP contribution in [0.1, 0.15) is 40.5 Å². The molecule has 1 saturated carbocycles. The molecule has 1 N–H and O–H groups in total. The van der Waals surface area contributed by atoms with Crippen LogP contribution in [0, 0.1) is 5.92 Å². The van der Waals surface area contributed by atoms with Gasteiger partial charge in [-0.2, -0.15) is 0 Å². The first-order chi connectivity index (χ1) is 13.8. The molecule has 0 aromatic carbocycles. The zero-order chi connectivity index (χ0) is 21.3. The summed E-state index contributed by atoms with van der Waals surface area (Å²) in [5, 5.41) is 3.36. The van der Waals surface area contributed by atoms with E-state index < -0.39 is 5.60 Å². The molecule has 1 aliphatic heterocycles. The van der Waals surface area contributed by atoms with Gasteiger partial charge in [-0.15, -0.1) is 24.0 Å². The van der Waals surface area contributed by atoms with Crippen LogP contribution in [-0.2, 0) is 9.47 Å². The van der Waals surface area contributed by atoms with Crippen molar-refractivity contribution < 1.29 is 14.3 Å². The number of halogens is 1. The smallest absolute Gasteiger partial charge is 0.410 e. The molecule has 1 saturated heterocycles. The lowest BCUT2D eigenvalue weighted by Crippen LogP contribution is -2.50. The van der Waals surface area contributed by atoms with Crippen LogP contribution in [-0.4, -0.2) is 105 Å². The summed E-state index contributed by atoms with van der Waals surface area (Å²) in [5.74, 6) is 1.73. The molecule has 0 aromatic rings. The Kier molecular flexibility index (Phi) is 12.3. The number of rotatable bonds is 9. The first-order valence-corrected chi connectivity index (χ1v) is 11.1. The Balaban J connectivity index is 0.00000450. The monoisotopic (exact) mass is 539 g/mol. The Morgan fingerprint density at radius 2 is 1.87 bits per heavy atom. The molecule has 8 nitrogen and oxygen atoms in total. The van der Waals surface area contributed by atoms with Gasteiger partial charge in [0, 0.05) is 59.5 Å². The molecule has 0 bridgehead atoms. The number of guanidine groups is 1. The Labute approximate surface area is 199 Å². The number of carbonyl (C=O) groups excluding carboxylic acids is 1. The van der Waals surface area contributed by atoms with E-state index in [4.69, 9.17) is 14.5 Å². The number of likely N-dealkylation sites (N-methyl/N-ethyl adjacent to an activating group) is 1. The maximum atomic E-state index is 12.2. The van der Waals surface area contributed by atoms with Gasteiger partial charge in [-0.05, 0) is 46.5 Å². The van der Waals surface area contributed by atoms with Crippen molar-refractivity contribution in [3.63, 3.8) is 0 Å². The van der Waals surface area contributed by atoms with Gasteiger partial charge in [0.2, 0.25) is 0 Å². The Bertz CT molecular complexity index is 529. The minimum atomic E-state index is -0.444. The average Bonchev–Trinajstić information content (AvgIpc) is 3.48. The van der Waals surface area contributed by atoms with Crippen LogP contribution in [0.25, 0.3) is 0 Å². The summed E-state index contributed by atoms with van der Waals surface area (Å²) in [6.45, 7) is 15.9. The van der Waals surface area contributed by atoms with Crippen LogP contribution in [0.5, 0.6) is 0 Å². The normalized spacial score (nSPS) is 18.0. The minimum Gasteiger partial charge on any atom is -0.444 e. The van der Waals surface area contributed by atoms with Gasteiger partial charge in [-0.1, -0.05) is 0 Å². The van der Waals surface area contributed by atoms with E-state index >= 15 is 0 Å². The summed E-state index contributed by atoms with van der Waals surface area (Å²) in [4.78, 5) is 23.2. The summed E-state index contributed by atoms with van der Waals surface area (Å²) < 4.78 is 11.2. The molecule has 9 heteroatoms. The van der Waals surface area contributed by atoms with Crippen molar-refractivity contribution in [2.24, 2.45) is 10.9 Å². The number of amides is 1. The number of nitrogens with one attached hydrogen (secondary N) is 1. The Morgan fingerprint density at radius 1 is 1.20 bits per heavy atom. The maximum absolute atomic E-state index is 12.2. The van der Waals surface area contributed by atoms with Crippen LogP contribution in [0.4, 0.5) is 4.79 Å². The van der Waals surface area contributed by atoms with E-state index in [1.54, 1.807) is 4.90 Å². The average molecular weight is 540 g/mol. The quantitative estimate of drug-likeness (QED) is 0.210. The van der Waals surface area contributed by atoms with Crippen LogP contribution < -0.4 is 5.32 Å². The molecule has 30 heavy (non-hydrogen) atoms. The lowest BCUT2D eigenvalue weighted by molar-refractivity contribution is 0.0148. The van der Waals surface area contributed by atoms with Gasteiger partial charge in [0.25, 0.3) is 0 Å². The van der Waals surface area contributed by atoms with Gasteiger partial charge in [0.1, 0.15) is 5.60 Å². The topological polar surface area (TPSA) is 69.6 Å². The number of nitrogens with zero attached hydrogens (tertiary/aromatic N) is 4. The van der Waals surface area contributed by atoms with Gasteiger partial charge in [0.15, 0.2) is 5.96 Å². The Morgan fingerprint density at radius 3 is 2.43 bits per heavy atom. The second-order valence-corrected chi connectivity index (χ2v) is 8.98. The van der Waals surface area contributed by atoms with E-state index in [0.29, 0.717) is 13.1 Å². The fourth-order valence-corrected chi connectivity index (χ4v) is 3.09. The molecule has 1 amide bonds. The predicted molar refractivity (Wildman–Crippen MR) is 132 cm³/mol. The fourth-order valence-electron chi connectivity index (χ4n) is 3.09. The molecular formula is C21H42IN5O3. The number of carbonyl (C=O) groups is 1. The van der Waals surface area contributed by atoms with Crippen molar-refractivity contribution in [1.82, 2.24) is 20.0 Å². The lowest BCUT2D eigenvalue weighted by atomic mass is 10.2. The molecule has 0 aromatic heterocycles. The van der Waals surface area contributed by atoms with E-state index in [2.05, 4.69) is 29.1 Å². The fraction of sp³-hybridized carbons (Fsp3) is 0.905. The number of hydrogen-bond acceptors (Lipinski definition) is 5. The molecule has 2 fully saturated rings. The number of piperazine rings is 1. The second kappa shape index (κ2) is 13.6. The van der Waals surface area contributed by atoms with Gasteiger partial charge < -0.3 is 24.6 Å². The highest BCUT2D eigenvalue weighted by Crippen LogP contribution is 2.28. The summed E-state index contributed by atoms with van der Waals surface area (Å²) in [6.07, 6.45) is 2.44. The number of aliphatic imine (C=N–C) groups is 1.